The molecule has 1 fully saturated rings. The van der Waals surface area contributed by atoms with E-state index in [-0.39, 0.29) is 38.3 Å². The van der Waals surface area contributed by atoms with Crippen molar-refractivity contribution in [1.82, 2.24) is 25.8 Å². The number of aliphatic hydroxyl groups is 2. The number of nitrogens with one attached hydrogen (secondary N) is 3. The number of pyridine rings is 1. The summed E-state index contributed by atoms with van der Waals surface area (Å²) in [6.07, 6.45) is 1.66. The van der Waals surface area contributed by atoms with Crippen LogP contribution < -0.4 is 25.6 Å². The van der Waals surface area contributed by atoms with Gasteiger partial charge in [-0.1, -0.05) is 68.8 Å². The summed E-state index contributed by atoms with van der Waals surface area (Å²) in [5, 5.41) is 32.6. The van der Waals surface area contributed by atoms with Gasteiger partial charge in [0.2, 0.25) is 17.7 Å². The number of likely N-dealkylation sites (tertiary alicyclic amines) is 1. The summed E-state index contributed by atoms with van der Waals surface area (Å²) in [6, 6.07) is 19.9. The van der Waals surface area contributed by atoms with E-state index < -0.39 is 59.3 Å². The van der Waals surface area contributed by atoms with Crippen molar-refractivity contribution < 1.29 is 33.7 Å². The van der Waals surface area contributed by atoms with Crippen LogP contribution in [0.2, 0.25) is 5.02 Å². The Kier molecular flexibility index (Phi) is 15.0. The first-order chi connectivity index (χ1) is 29.0. The van der Waals surface area contributed by atoms with Gasteiger partial charge >= 0.3 is 0 Å². The molecule has 326 valence electrons. The lowest BCUT2D eigenvalue weighted by atomic mass is 9.84. The fourth-order valence-corrected chi connectivity index (χ4v) is 8.20. The number of hydrogen-bond acceptors (Lipinski definition) is 9. The maximum Gasteiger partial charge on any atom is 0.243 e. The molecule has 12 nitrogen and oxygen atoms in total. The number of benzene rings is 3. The summed E-state index contributed by atoms with van der Waals surface area (Å²) in [7, 11) is 3.85. The summed E-state index contributed by atoms with van der Waals surface area (Å²) >= 11 is 6.36. The van der Waals surface area contributed by atoms with Gasteiger partial charge in [-0.3, -0.25) is 19.3 Å². The van der Waals surface area contributed by atoms with E-state index in [4.69, 9.17) is 16.3 Å². The number of carbonyl (C=O) groups is 3. The number of amides is 3. The molecular formula is C47H58ClFN6O6. The third-order valence-electron chi connectivity index (χ3n) is 11.4. The summed E-state index contributed by atoms with van der Waals surface area (Å²) in [5.74, 6) is -1.47. The minimum absolute atomic E-state index is 0.109. The highest BCUT2D eigenvalue weighted by Gasteiger charge is 2.38. The van der Waals surface area contributed by atoms with Crippen LogP contribution in [0.15, 0.2) is 85.1 Å². The highest BCUT2D eigenvalue weighted by atomic mass is 35.5. The van der Waals surface area contributed by atoms with Gasteiger partial charge in [-0.05, 0) is 110 Å². The fraction of sp³-hybridized carbons (Fsp3) is 0.447. The van der Waals surface area contributed by atoms with Crippen molar-refractivity contribution in [2.75, 3.05) is 45.2 Å². The molecule has 14 heteroatoms. The van der Waals surface area contributed by atoms with Gasteiger partial charge < -0.3 is 35.8 Å². The third-order valence-corrected chi connectivity index (χ3v) is 11.6. The number of aliphatic hydroxyl groups excluding tert-OH is 2. The van der Waals surface area contributed by atoms with Gasteiger partial charge in [0.25, 0.3) is 0 Å². The normalized spacial score (nSPS) is 18.5. The Labute approximate surface area is 362 Å². The fourth-order valence-electron chi connectivity index (χ4n) is 7.99. The topological polar surface area (TPSA) is 156 Å². The van der Waals surface area contributed by atoms with Gasteiger partial charge in [0.05, 0.1) is 24.7 Å². The second-order valence-electron chi connectivity index (χ2n) is 17.5. The van der Waals surface area contributed by atoms with E-state index in [0.717, 1.165) is 54.0 Å². The van der Waals surface area contributed by atoms with Crippen molar-refractivity contribution >= 4 is 35.1 Å². The molecule has 3 amide bonds. The van der Waals surface area contributed by atoms with Gasteiger partial charge in [0.15, 0.2) is 0 Å². The molecule has 0 saturated carbocycles. The number of aromatic nitrogens is 1. The molecule has 0 aliphatic carbocycles. The van der Waals surface area contributed by atoms with E-state index in [1.807, 2.05) is 82.2 Å². The lowest BCUT2D eigenvalue weighted by Gasteiger charge is -2.35. The zero-order valence-corrected chi connectivity index (χ0v) is 36.3. The van der Waals surface area contributed by atoms with E-state index >= 15 is 0 Å². The summed E-state index contributed by atoms with van der Waals surface area (Å²) in [4.78, 5) is 50.5. The van der Waals surface area contributed by atoms with Crippen molar-refractivity contribution in [2.45, 2.75) is 83.2 Å². The minimum Gasteiger partial charge on any atom is -0.490 e. The van der Waals surface area contributed by atoms with E-state index in [1.54, 1.807) is 24.4 Å². The molecule has 1 aromatic heterocycles. The average Bonchev–Trinajstić information content (AvgIpc) is 3.73. The predicted octanol–water partition coefficient (Wildman–Crippen LogP) is 5.48. The van der Waals surface area contributed by atoms with Crippen molar-refractivity contribution in [2.24, 2.45) is 11.3 Å². The maximum absolute atomic E-state index is 14.4. The molecule has 6 atom stereocenters. The zero-order chi connectivity index (χ0) is 43.8. The zero-order valence-electron chi connectivity index (χ0n) is 35.5. The van der Waals surface area contributed by atoms with Gasteiger partial charge in [0, 0.05) is 42.4 Å². The first-order valence-electron chi connectivity index (χ1n) is 20.9. The second-order valence-corrected chi connectivity index (χ2v) is 18.0. The smallest absolute Gasteiger partial charge is 0.243 e. The molecule has 2 aliphatic rings. The number of fused-ring (bicyclic) bond motifs is 1. The Morgan fingerprint density at radius 2 is 1.66 bits per heavy atom. The number of hydrogen-bond donors (Lipinski definition) is 5. The van der Waals surface area contributed by atoms with Crippen LogP contribution in [0.1, 0.15) is 62.8 Å². The molecule has 2 aliphatic heterocycles. The molecule has 3 aromatic carbocycles. The molecular weight excluding hydrogens is 799 g/mol. The standard InChI is InChI=1S/C47H58ClFN6O6/c1-47(2,3)44(52-42(58)27-55-19-6-7-20-55)46(60)51-37(23-29-11-13-31(14-12-29)32-15-18-41(50-26-32)54(4)5)38(56)24-33(21-30-9-8-10-34(48)22-30)45(59)53-43-36-25-35(49)16-17-40(36)61-28-39(43)57/h8-18,22,25-26,33,37-39,43-44,56-57H,6-7,19-21,23-24,27-28H2,1-5H3,(H,51,60)(H,52,58)(H,53,59)/t33-,37+,38+,39-,43+,44-/m1/s1. The lowest BCUT2D eigenvalue weighted by Crippen LogP contribution is -2.58. The molecule has 0 radical (unpaired) electrons. The van der Waals surface area contributed by atoms with E-state index in [2.05, 4.69) is 25.8 Å². The maximum atomic E-state index is 14.4. The van der Waals surface area contributed by atoms with E-state index in [0.29, 0.717) is 16.3 Å². The molecule has 5 N–H and O–H groups in total. The van der Waals surface area contributed by atoms with Gasteiger partial charge in [0.1, 0.15) is 36.1 Å². The van der Waals surface area contributed by atoms with Crippen molar-refractivity contribution in [3.05, 3.63) is 113 Å². The molecule has 6 rings (SSSR count). The highest BCUT2D eigenvalue weighted by molar-refractivity contribution is 6.30. The quantitative estimate of drug-likeness (QED) is 0.0986. The third kappa shape index (κ3) is 12.3. The minimum atomic E-state index is -1.27. The molecule has 1 saturated heterocycles. The Morgan fingerprint density at radius 1 is 0.934 bits per heavy atom. The monoisotopic (exact) mass is 856 g/mol. The number of anilines is 1. The van der Waals surface area contributed by atoms with Crippen LogP contribution in [0, 0.1) is 17.2 Å². The van der Waals surface area contributed by atoms with Crippen LogP contribution in [-0.2, 0) is 27.2 Å². The summed E-state index contributed by atoms with van der Waals surface area (Å²) < 4.78 is 20.1. The Balaban J connectivity index is 1.28. The Morgan fingerprint density at radius 3 is 2.31 bits per heavy atom. The van der Waals surface area contributed by atoms with Crippen molar-refractivity contribution in [3.8, 4) is 16.9 Å². The van der Waals surface area contributed by atoms with Crippen LogP contribution in [0.5, 0.6) is 5.75 Å². The van der Waals surface area contributed by atoms with Crippen LogP contribution in [0.4, 0.5) is 10.2 Å². The van der Waals surface area contributed by atoms with Crippen molar-refractivity contribution in [3.63, 3.8) is 0 Å². The van der Waals surface area contributed by atoms with Crippen LogP contribution in [0.25, 0.3) is 11.1 Å². The Hall–Kier alpha value is -5.08. The van der Waals surface area contributed by atoms with Gasteiger partial charge in [-0.2, -0.15) is 0 Å². The first kappa shape index (κ1) is 45.4. The van der Waals surface area contributed by atoms with Gasteiger partial charge in [-0.25, -0.2) is 9.37 Å². The number of halogens is 2. The molecule has 0 bridgehead atoms. The van der Waals surface area contributed by atoms with E-state index in [9.17, 15) is 29.0 Å². The first-order valence-corrected chi connectivity index (χ1v) is 21.3. The average molecular weight is 857 g/mol. The number of nitrogens with zero attached hydrogens (tertiary/aromatic N) is 3. The van der Waals surface area contributed by atoms with Gasteiger partial charge in [-0.15, -0.1) is 0 Å². The van der Waals surface area contributed by atoms with Crippen LogP contribution in [-0.4, -0.2) is 102 Å². The molecule has 0 unspecified atom stereocenters. The van der Waals surface area contributed by atoms with Crippen molar-refractivity contribution in [1.29, 1.82) is 0 Å². The Bertz CT molecular complexity index is 2130. The second kappa shape index (κ2) is 20.2. The lowest BCUT2D eigenvalue weighted by molar-refractivity contribution is -0.133. The largest absolute Gasteiger partial charge is 0.490 e. The summed E-state index contributed by atoms with van der Waals surface area (Å²) in [5.41, 5.74) is 3.02. The SMILES string of the molecule is CN(C)c1ccc(-c2ccc(C[C@H](NC(=O)[C@@H](NC(=O)CN3CCCC3)C(C)(C)C)[C@@H](O)C[C@@H](Cc3cccc(Cl)c3)C(=O)N[C@H]3c4cc(F)ccc4OC[C@H]3O)cc2)cn1. The molecule has 0 spiro atoms. The van der Waals surface area contributed by atoms with Crippen LogP contribution >= 0.6 is 11.6 Å². The molecule has 4 aromatic rings. The number of rotatable bonds is 16. The van der Waals surface area contributed by atoms with E-state index in [1.165, 1.54) is 18.2 Å². The predicted molar refractivity (Wildman–Crippen MR) is 235 cm³/mol. The number of ether oxygens (including phenoxy) is 1. The van der Waals surface area contributed by atoms with Crippen LogP contribution in [0.3, 0.4) is 0 Å². The molecule has 61 heavy (non-hydrogen) atoms. The highest BCUT2D eigenvalue weighted by Crippen LogP contribution is 2.34. The summed E-state index contributed by atoms with van der Waals surface area (Å²) in [6.45, 7) is 7.34. The number of carbonyl (C=O) groups excluding carboxylic acids is 3. The molecule has 3 heterocycles.